The Morgan fingerprint density at radius 3 is 2.75 bits per heavy atom. The normalized spacial score (nSPS) is 31.4. The van der Waals surface area contributed by atoms with E-state index >= 15 is 0 Å². The highest BCUT2D eigenvalue weighted by Gasteiger charge is 2.69. The number of rotatable bonds is 5. The molecule has 5 atom stereocenters. The number of phenolic OH excluding ortho intramolecular Hbond substituents is 1. The lowest BCUT2D eigenvalue weighted by molar-refractivity contribution is -0.289. The van der Waals surface area contributed by atoms with Gasteiger partial charge >= 0.3 is 0 Å². The second-order valence-electron chi connectivity index (χ2n) is 9.71. The fraction of sp³-hybridized carbons (Fsp3) is 0.500. The quantitative estimate of drug-likeness (QED) is 0.453. The SMILES string of the molecule is CC1(C)[C@@H]2C[C@H]1[C@@]1(O)[C@@H](C2)Oc2c(ccc(O)c2C(=O)NCCNc2ccccn2)[C@@H]1O. The average Bonchev–Trinajstić information content (AvgIpc) is 2.77. The summed E-state index contributed by atoms with van der Waals surface area (Å²) in [6.45, 7) is 4.99. The monoisotopic (exact) mass is 439 g/mol. The summed E-state index contributed by atoms with van der Waals surface area (Å²) in [6, 6.07) is 8.41. The van der Waals surface area contributed by atoms with Crippen LogP contribution in [-0.4, -0.2) is 51.0 Å². The van der Waals surface area contributed by atoms with Crippen molar-refractivity contribution in [3.8, 4) is 11.5 Å². The van der Waals surface area contributed by atoms with Gasteiger partial charge in [0.1, 0.15) is 40.7 Å². The molecule has 2 aromatic rings. The number of ether oxygens (including phenoxy) is 1. The van der Waals surface area contributed by atoms with Crippen LogP contribution in [0, 0.1) is 17.3 Å². The minimum absolute atomic E-state index is 0.0139. The van der Waals surface area contributed by atoms with Crippen molar-refractivity contribution >= 4 is 11.7 Å². The zero-order valence-corrected chi connectivity index (χ0v) is 18.2. The molecule has 8 nitrogen and oxygen atoms in total. The first kappa shape index (κ1) is 21.0. The molecule has 1 aliphatic heterocycles. The number of pyridine rings is 1. The number of hydrogen-bond donors (Lipinski definition) is 5. The summed E-state index contributed by atoms with van der Waals surface area (Å²) in [4.78, 5) is 17.1. The van der Waals surface area contributed by atoms with Gasteiger partial charge in [0, 0.05) is 24.8 Å². The smallest absolute Gasteiger partial charge is 0.258 e. The molecule has 5 N–H and O–H groups in total. The van der Waals surface area contributed by atoms with Crippen LogP contribution >= 0.6 is 0 Å². The van der Waals surface area contributed by atoms with E-state index in [4.69, 9.17) is 4.74 Å². The number of nitrogens with zero attached hydrogens (tertiary/aromatic N) is 1. The molecule has 3 saturated carbocycles. The summed E-state index contributed by atoms with van der Waals surface area (Å²) in [5.41, 5.74) is -1.17. The second kappa shape index (κ2) is 7.35. The largest absolute Gasteiger partial charge is 0.507 e. The molecule has 0 radical (unpaired) electrons. The molecule has 4 aliphatic rings. The van der Waals surface area contributed by atoms with Crippen LogP contribution in [0.15, 0.2) is 36.5 Å². The summed E-state index contributed by atoms with van der Waals surface area (Å²) >= 11 is 0. The van der Waals surface area contributed by atoms with Crippen LogP contribution in [-0.2, 0) is 0 Å². The van der Waals surface area contributed by atoms with Gasteiger partial charge in [-0.2, -0.15) is 0 Å². The fourth-order valence-electron chi connectivity index (χ4n) is 5.85. The zero-order chi connectivity index (χ0) is 22.7. The molecule has 1 aromatic heterocycles. The molecular weight excluding hydrogens is 410 g/mol. The lowest BCUT2D eigenvalue weighted by atomic mass is 9.42. The summed E-state index contributed by atoms with van der Waals surface area (Å²) in [5.74, 6) is 0.427. The van der Waals surface area contributed by atoms with Crippen molar-refractivity contribution in [1.29, 1.82) is 0 Å². The predicted octanol–water partition coefficient (Wildman–Crippen LogP) is 2.22. The Bertz CT molecular complexity index is 1040. The van der Waals surface area contributed by atoms with Gasteiger partial charge in [-0.1, -0.05) is 19.9 Å². The molecule has 2 bridgehead atoms. The van der Waals surface area contributed by atoms with Gasteiger partial charge in [0.25, 0.3) is 5.91 Å². The van der Waals surface area contributed by atoms with E-state index in [9.17, 15) is 20.1 Å². The number of carbonyl (C=O) groups excluding carboxylic acids is 1. The number of anilines is 1. The summed E-state index contributed by atoms with van der Waals surface area (Å²) in [5, 5.41) is 39.1. The van der Waals surface area contributed by atoms with Crippen LogP contribution < -0.4 is 15.4 Å². The lowest BCUT2D eigenvalue weighted by Crippen LogP contribution is -2.72. The summed E-state index contributed by atoms with van der Waals surface area (Å²) in [6.07, 6.45) is 1.31. The fourth-order valence-corrected chi connectivity index (χ4v) is 5.85. The van der Waals surface area contributed by atoms with E-state index in [0.29, 0.717) is 36.8 Å². The number of phenols is 1. The van der Waals surface area contributed by atoms with Crippen LogP contribution in [0.2, 0.25) is 0 Å². The van der Waals surface area contributed by atoms with Gasteiger partial charge in [0.2, 0.25) is 0 Å². The maximum atomic E-state index is 12.9. The molecule has 1 amide bonds. The first-order chi connectivity index (χ1) is 15.2. The van der Waals surface area contributed by atoms with Crippen LogP contribution in [0.4, 0.5) is 5.82 Å². The van der Waals surface area contributed by atoms with Gasteiger partial charge in [-0.05, 0) is 54.4 Å². The Morgan fingerprint density at radius 2 is 2.03 bits per heavy atom. The Labute approximate surface area is 186 Å². The second-order valence-corrected chi connectivity index (χ2v) is 9.71. The minimum Gasteiger partial charge on any atom is -0.507 e. The number of nitrogens with one attached hydrogen (secondary N) is 2. The van der Waals surface area contributed by atoms with E-state index in [-0.39, 0.29) is 28.4 Å². The Morgan fingerprint density at radius 1 is 1.22 bits per heavy atom. The third-order valence-electron chi connectivity index (χ3n) is 7.81. The number of aromatic nitrogens is 1. The molecule has 32 heavy (non-hydrogen) atoms. The van der Waals surface area contributed by atoms with E-state index < -0.39 is 23.7 Å². The molecule has 1 aromatic carbocycles. The topological polar surface area (TPSA) is 124 Å². The highest BCUT2D eigenvalue weighted by Crippen LogP contribution is 2.67. The highest BCUT2D eigenvalue weighted by atomic mass is 16.5. The number of amides is 1. The van der Waals surface area contributed by atoms with Crippen molar-refractivity contribution < 1.29 is 24.9 Å². The number of benzene rings is 1. The van der Waals surface area contributed by atoms with Crippen LogP contribution in [0.3, 0.4) is 0 Å². The maximum Gasteiger partial charge on any atom is 0.258 e. The van der Waals surface area contributed by atoms with E-state index in [1.165, 1.54) is 12.1 Å². The van der Waals surface area contributed by atoms with Gasteiger partial charge in [-0.15, -0.1) is 0 Å². The van der Waals surface area contributed by atoms with Crippen LogP contribution in [0.25, 0.3) is 0 Å². The molecule has 0 spiro atoms. The molecular formula is C24H29N3O5. The third kappa shape index (κ3) is 2.97. The van der Waals surface area contributed by atoms with E-state index in [1.807, 2.05) is 18.2 Å². The molecule has 8 heteroatoms. The lowest BCUT2D eigenvalue weighted by Gasteiger charge is -2.67. The number of aliphatic hydroxyl groups excluding tert-OH is 1. The van der Waals surface area contributed by atoms with Crippen molar-refractivity contribution in [3.63, 3.8) is 0 Å². The number of fused-ring (bicyclic) bond motifs is 1. The average molecular weight is 440 g/mol. The van der Waals surface area contributed by atoms with Crippen LogP contribution in [0.1, 0.15) is 48.7 Å². The van der Waals surface area contributed by atoms with Gasteiger partial charge < -0.3 is 30.7 Å². The Balaban J connectivity index is 1.36. The molecule has 3 fully saturated rings. The zero-order valence-electron chi connectivity index (χ0n) is 18.2. The summed E-state index contributed by atoms with van der Waals surface area (Å²) < 4.78 is 6.16. The molecule has 0 unspecified atom stereocenters. The van der Waals surface area contributed by atoms with Crippen LogP contribution in [0.5, 0.6) is 11.5 Å². The molecule has 170 valence electrons. The number of hydrogen-bond acceptors (Lipinski definition) is 7. The maximum absolute atomic E-state index is 12.9. The van der Waals surface area contributed by atoms with Crippen molar-refractivity contribution in [2.45, 2.75) is 44.5 Å². The molecule has 6 rings (SSSR count). The molecule has 3 aliphatic carbocycles. The molecule has 2 heterocycles. The van der Waals surface area contributed by atoms with E-state index in [0.717, 1.165) is 6.42 Å². The number of aliphatic hydroxyl groups is 2. The van der Waals surface area contributed by atoms with Crippen molar-refractivity contribution in [2.75, 3.05) is 18.4 Å². The third-order valence-corrected chi connectivity index (χ3v) is 7.81. The minimum atomic E-state index is -1.41. The van der Waals surface area contributed by atoms with Crippen molar-refractivity contribution in [1.82, 2.24) is 10.3 Å². The van der Waals surface area contributed by atoms with Gasteiger partial charge in [-0.3, -0.25) is 4.79 Å². The summed E-state index contributed by atoms with van der Waals surface area (Å²) in [7, 11) is 0. The standard InChI is InChI=1S/C24H29N3O5/c1-23(2)13-11-16(23)24(31)17(12-13)32-20-14(21(24)29)6-7-15(28)19(20)22(30)27-10-9-26-18-5-3-4-8-25-18/h3-8,13,16-17,21,28-29,31H,9-12H2,1-2H3,(H,25,26)(H,27,30)/t13-,16-,17-,21+,24-/m1/s1. The van der Waals surface area contributed by atoms with Crippen molar-refractivity contribution in [3.05, 3.63) is 47.7 Å². The predicted molar refractivity (Wildman–Crippen MR) is 117 cm³/mol. The van der Waals surface area contributed by atoms with E-state index in [1.54, 1.807) is 6.20 Å². The Hall–Kier alpha value is -2.84. The molecule has 0 saturated heterocycles. The Kier molecular flexibility index (Phi) is 4.83. The number of carbonyl (C=O) groups is 1. The van der Waals surface area contributed by atoms with Crippen molar-refractivity contribution in [2.24, 2.45) is 17.3 Å². The van der Waals surface area contributed by atoms with Gasteiger partial charge in [-0.25, -0.2) is 4.98 Å². The first-order valence-corrected chi connectivity index (χ1v) is 11.1. The first-order valence-electron chi connectivity index (χ1n) is 11.1. The van der Waals surface area contributed by atoms with Gasteiger partial charge in [0.15, 0.2) is 0 Å². The van der Waals surface area contributed by atoms with Gasteiger partial charge in [0.05, 0.1) is 0 Å². The van der Waals surface area contributed by atoms with E-state index in [2.05, 4.69) is 29.5 Å². The number of aromatic hydroxyl groups is 1. The highest BCUT2D eigenvalue weighted by molar-refractivity contribution is 6.00.